The first kappa shape index (κ1) is 20.9. The van der Waals surface area contributed by atoms with Gasteiger partial charge in [0.25, 0.3) is 5.91 Å². The van der Waals surface area contributed by atoms with Gasteiger partial charge in [-0.2, -0.15) is 31.3 Å². The van der Waals surface area contributed by atoms with E-state index in [2.05, 4.69) is 10.1 Å². The third kappa shape index (κ3) is 4.25. The number of amides is 1. The Morgan fingerprint density at radius 3 is 2.19 bits per heavy atom. The van der Waals surface area contributed by atoms with Crippen molar-refractivity contribution in [2.45, 2.75) is 18.3 Å². The molecule has 3 aromatic rings. The molecule has 0 spiro atoms. The van der Waals surface area contributed by atoms with E-state index in [1.165, 1.54) is 17.0 Å². The lowest BCUT2D eigenvalue weighted by Gasteiger charge is -2.37. The molecule has 1 saturated heterocycles. The van der Waals surface area contributed by atoms with Gasteiger partial charge in [0, 0.05) is 24.2 Å². The van der Waals surface area contributed by atoms with E-state index in [0.29, 0.717) is 0 Å². The Labute approximate surface area is 171 Å². The molecule has 162 valence electrons. The summed E-state index contributed by atoms with van der Waals surface area (Å²) in [6, 6.07) is 8.39. The number of hydrogen-bond donors (Lipinski definition) is 0. The van der Waals surface area contributed by atoms with Crippen LogP contribution in [0.25, 0.3) is 11.4 Å². The normalized spacial score (nSPS) is 15.1. The Bertz CT molecular complexity index is 1100. The summed E-state index contributed by atoms with van der Waals surface area (Å²) in [5.74, 6) is -0.592. The van der Waals surface area contributed by atoms with E-state index in [1.54, 1.807) is 0 Å². The second-order valence-electron chi connectivity index (χ2n) is 7.02. The van der Waals surface area contributed by atoms with Crippen LogP contribution >= 0.6 is 0 Å². The summed E-state index contributed by atoms with van der Waals surface area (Å²) in [6.45, 7) is 0.397. The van der Waals surface area contributed by atoms with Crippen LogP contribution in [0.1, 0.15) is 33.3 Å². The molecule has 1 aliphatic rings. The maximum Gasteiger partial charge on any atom is 0.416 e. The molecule has 4 rings (SSSR count). The maximum atomic E-state index is 12.9. The van der Waals surface area contributed by atoms with E-state index in [-0.39, 0.29) is 41.8 Å². The van der Waals surface area contributed by atoms with Crippen molar-refractivity contribution >= 4 is 5.91 Å². The van der Waals surface area contributed by atoms with Crippen molar-refractivity contribution in [3.05, 3.63) is 71.1 Å². The lowest BCUT2D eigenvalue weighted by Crippen LogP contribution is -2.48. The quantitative estimate of drug-likeness (QED) is 0.536. The highest BCUT2D eigenvalue weighted by Gasteiger charge is 2.37. The summed E-state index contributed by atoms with van der Waals surface area (Å²) >= 11 is 0. The molecule has 11 heteroatoms. The molecule has 1 amide bonds. The Hall–Kier alpha value is -3.37. The van der Waals surface area contributed by atoms with Crippen molar-refractivity contribution in [1.29, 1.82) is 0 Å². The van der Waals surface area contributed by atoms with E-state index in [9.17, 15) is 31.1 Å². The minimum atomic E-state index is -4.50. The van der Waals surface area contributed by atoms with Gasteiger partial charge in [0.15, 0.2) is 0 Å². The number of likely N-dealkylation sites (tertiary alicyclic amines) is 1. The fourth-order valence-corrected chi connectivity index (χ4v) is 3.14. The highest BCUT2D eigenvalue weighted by atomic mass is 19.4. The summed E-state index contributed by atoms with van der Waals surface area (Å²) in [5.41, 5.74) is -1.43. The minimum Gasteiger partial charge on any atom is -0.339 e. The molecular formula is C20H13F6N3O2. The van der Waals surface area contributed by atoms with Gasteiger partial charge in [-0.1, -0.05) is 17.3 Å². The summed E-state index contributed by atoms with van der Waals surface area (Å²) in [5, 5.41) is 3.71. The largest absolute Gasteiger partial charge is 0.416 e. The van der Waals surface area contributed by atoms with Gasteiger partial charge in [-0.3, -0.25) is 4.79 Å². The minimum absolute atomic E-state index is 0.00591. The van der Waals surface area contributed by atoms with Crippen LogP contribution in [0.2, 0.25) is 0 Å². The maximum absolute atomic E-state index is 12.9. The molecule has 0 saturated carbocycles. The van der Waals surface area contributed by atoms with Crippen LogP contribution in [0, 0.1) is 0 Å². The van der Waals surface area contributed by atoms with Crippen LogP contribution in [-0.4, -0.2) is 34.0 Å². The molecule has 1 aliphatic heterocycles. The predicted molar refractivity (Wildman–Crippen MR) is 94.8 cm³/mol. The zero-order chi connectivity index (χ0) is 22.4. The van der Waals surface area contributed by atoms with Gasteiger partial charge in [-0.25, -0.2) is 0 Å². The zero-order valence-electron chi connectivity index (χ0n) is 15.5. The average molecular weight is 441 g/mol. The average Bonchev–Trinajstić information content (AvgIpc) is 3.15. The first-order chi connectivity index (χ1) is 14.5. The topological polar surface area (TPSA) is 59.2 Å². The van der Waals surface area contributed by atoms with Gasteiger partial charge < -0.3 is 9.42 Å². The summed E-state index contributed by atoms with van der Waals surface area (Å²) < 4.78 is 81.6. The molecule has 2 heterocycles. The van der Waals surface area contributed by atoms with Gasteiger partial charge >= 0.3 is 12.4 Å². The number of benzene rings is 2. The molecule has 5 nitrogen and oxygen atoms in total. The van der Waals surface area contributed by atoms with Crippen molar-refractivity contribution in [3.63, 3.8) is 0 Å². The van der Waals surface area contributed by atoms with Crippen LogP contribution < -0.4 is 0 Å². The van der Waals surface area contributed by atoms with E-state index < -0.39 is 29.4 Å². The van der Waals surface area contributed by atoms with Crippen LogP contribution in [-0.2, 0) is 12.4 Å². The monoisotopic (exact) mass is 441 g/mol. The molecule has 0 unspecified atom stereocenters. The number of halogens is 6. The molecule has 0 N–H and O–H groups in total. The molecule has 0 bridgehead atoms. The standard InChI is InChI=1S/C20H13F6N3O2/c21-19(22,23)14-6-4-11(5-7-14)18(30)29-9-13(10-29)17-27-16(28-31-17)12-2-1-3-15(8-12)20(24,25)26/h1-8,13H,9-10H2. The van der Waals surface area contributed by atoms with E-state index in [4.69, 9.17) is 4.52 Å². The van der Waals surface area contributed by atoms with Crippen molar-refractivity contribution < 1.29 is 35.7 Å². The lowest BCUT2D eigenvalue weighted by molar-refractivity contribution is -0.138. The first-order valence-corrected chi connectivity index (χ1v) is 9.00. The molecule has 31 heavy (non-hydrogen) atoms. The third-order valence-corrected chi connectivity index (χ3v) is 4.87. The number of carbonyl (C=O) groups is 1. The first-order valence-electron chi connectivity index (χ1n) is 9.00. The second-order valence-corrected chi connectivity index (χ2v) is 7.02. The van der Waals surface area contributed by atoms with Gasteiger partial charge in [0.05, 0.1) is 17.0 Å². The van der Waals surface area contributed by atoms with Crippen molar-refractivity contribution in [3.8, 4) is 11.4 Å². The number of rotatable bonds is 3. The van der Waals surface area contributed by atoms with Crippen LogP contribution in [0.5, 0.6) is 0 Å². The van der Waals surface area contributed by atoms with Crippen molar-refractivity contribution in [1.82, 2.24) is 15.0 Å². The molecule has 0 radical (unpaired) electrons. The van der Waals surface area contributed by atoms with Crippen LogP contribution in [0.4, 0.5) is 26.3 Å². The summed E-state index contributed by atoms with van der Waals surface area (Å²) in [4.78, 5) is 17.9. The number of carbonyl (C=O) groups excluding carboxylic acids is 1. The van der Waals surface area contributed by atoms with Crippen molar-refractivity contribution in [2.75, 3.05) is 13.1 Å². The number of nitrogens with zero attached hydrogens (tertiary/aromatic N) is 3. The highest BCUT2D eigenvalue weighted by Crippen LogP contribution is 2.33. The molecule has 0 aliphatic carbocycles. The van der Waals surface area contributed by atoms with Gasteiger partial charge in [0.1, 0.15) is 0 Å². The van der Waals surface area contributed by atoms with E-state index in [0.717, 1.165) is 36.4 Å². The Kier molecular flexibility index (Phi) is 4.98. The van der Waals surface area contributed by atoms with Crippen LogP contribution in [0.3, 0.4) is 0 Å². The molecule has 0 atom stereocenters. The van der Waals surface area contributed by atoms with E-state index >= 15 is 0 Å². The predicted octanol–water partition coefficient (Wildman–Crippen LogP) is 5.01. The number of hydrogen-bond acceptors (Lipinski definition) is 4. The zero-order valence-corrected chi connectivity index (χ0v) is 15.5. The van der Waals surface area contributed by atoms with Crippen LogP contribution in [0.15, 0.2) is 53.1 Å². The molecular weight excluding hydrogens is 428 g/mol. The second kappa shape index (κ2) is 7.40. The fourth-order valence-electron chi connectivity index (χ4n) is 3.14. The Balaban J connectivity index is 1.41. The summed E-state index contributed by atoms with van der Waals surface area (Å²) in [7, 11) is 0. The SMILES string of the molecule is O=C(c1ccc(C(F)(F)F)cc1)N1CC(c2nc(-c3cccc(C(F)(F)F)c3)no2)C1. The Morgan fingerprint density at radius 2 is 1.58 bits per heavy atom. The van der Waals surface area contributed by atoms with Gasteiger partial charge in [0.2, 0.25) is 11.7 Å². The Morgan fingerprint density at radius 1 is 0.935 bits per heavy atom. The number of alkyl halides is 6. The van der Waals surface area contributed by atoms with Gasteiger partial charge in [-0.15, -0.1) is 0 Å². The third-order valence-electron chi connectivity index (χ3n) is 4.87. The summed E-state index contributed by atoms with van der Waals surface area (Å²) in [6.07, 6.45) is -8.99. The molecule has 1 fully saturated rings. The highest BCUT2D eigenvalue weighted by molar-refractivity contribution is 5.94. The van der Waals surface area contributed by atoms with Gasteiger partial charge in [-0.05, 0) is 36.4 Å². The fraction of sp³-hybridized carbons (Fsp3) is 0.250. The van der Waals surface area contributed by atoms with Crippen molar-refractivity contribution in [2.24, 2.45) is 0 Å². The van der Waals surface area contributed by atoms with E-state index in [1.807, 2.05) is 0 Å². The smallest absolute Gasteiger partial charge is 0.339 e. The molecule has 1 aromatic heterocycles. The lowest BCUT2D eigenvalue weighted by atomic mass is 9.98. The number of aromatic nitrogens is 2. The molecule has 2 aromatic carbocycles.